The molecule has 0 aliphatic carbocycles. The molecule has 9 heteroatoms. The van der Waals surface area contributed by atoms with E-state index in [0.29, 0.717) is 17.0 Å². The van der Waals surface area contributed by atoms with Crippen LogP contribution in [0.3, 0.4) is 0 Å². The van der Waals surface area contributed by atoms with Crippen molar-refractivity contribution in [2.75, 3.05) is 0 Å². The molecule has 168 valence electrons. The van der Waals surface area contributed by atoms with Gasteiger partial charge in [-0.25, -0.2) is 9.97 Å². The Balaban J connectivity index is 1.73. The molecule has 0 amide bonds. The van der Waals surface area contributed by atoms with Crippen LogP contribution < -0.4 is 14.2 Å². The lowest BCUT2D eigenvalue weighted by molar-refractivity contribution is -0.191. The lowest BCUT2D eigenvalue weighted by atomic mass is 9.92. The summed E-state index contributed by atoms with van der Waals surface area (Å²) in [4.78, 5) is 8.18. The van der Waals surface area contributed by atoms with Gasteiger partial charge in [0.1, 0.15) is 12.4 Å². The van der Waals surface area contributed by atoms with Crippen LogP contribution >= 0.6 is 0 Å². The molecule has 0 saturated heterocycles. The van der Waals surface area contributed by atoms with E-state index in [0.717, 1.165) is 11.1 Å². The van der Waals surface area contributed by atoms with Crippen LogP contribution in [0.4, 0.5) is 13.2 Å². The molecule has 0 bridgehead atoms. The van der Waals surface area contributed by atoms with Gasteiger partial charge in [0.25, 0.3) is 0 Å². The van der Waals surface area contributed by atoms with Gasteiger partial charge in [0, 0.05) is 23.9 Å². The van der Waals surface area contributed by atoms with E-state index in [1.165, 1.54) is 18.2 Å². The molecule has 1 aliphatic rings. The highest BCUT2D eigenvalue weighted by Crippen LogP contribution is 2.45. The van der Waals surface area contributed by atoms with Gasteiger partial charge in [0.15, 0.2) is 17.3 Å². The fourth-order valence-corrected chi connectivity index (χ4v) is 3.44. The minimum Gasteiger partial charge on any atom is -0.434 e. The van der Waals surface area contributed by atoms with Crippen LogP contribution in [0.2, 0.25) is 0 Å². The Bertz CT molecular complexity index is 1110. The topological polar surface area (TPSA) is 73.7 Å². The van der Waals surface area contributed by atoms with Gasteiger partial charge in [-0.3, -0.25) is 0 Å². The van der Waals surface area contributed by atoms with Gasteiger partial charge in [0.2, 0.25) is 0 Å². The SMILES string of the molecule is CCC1(F)Oc2ccc(-c3cc(C(C)c4cnc(CO)nc4)ccc3OC(F)F)cc2O1. The molecule has 0 fully saturated rings. The summed E-state index contributed by atoms with van der Waals surface area (Å²) in [6.07, 6.45) is 3.21. The number of nitrogens with zero attached hydrogens (tertiary/aromatic N) is 2. The van der Waals surface area contributed by atoms with Crippen molar-refractivity contribution in [1.29, 1.82) is 0 Å². The third-order valence-electron chi connectivity index (χ3n) is 5.29. The Morgan fingerprint density at radius 1 is 1.03 bits per heavy atom. The summed E-state index contributed by atoms with van der Waals surface area (Å²) in [5, 5.41) is 9.12. The molecular weight excluding hydrogens is 425 g/mol. The van der Waals surface area contributed by atoms with E-state index >= 15 is 0 Å². The van der Waals surface area contributed by atoms with Crippen molar-refractivity contribution < 1.29 is 32.5 Å². The molecule has 2 atom stereocenters. The Labute approximate surface area is 182 Å². The maximum Gasteiger partial charge on any atom is 0.407 e. The molecule has 1 N–H and O–H groups in total. The highest BCUT2D eigenvalue weighted by atomic mass is 19.3. The number of aliphatic hydroxyl groups excluding tert-OH is 1. The van der Waals surface area contributed by atoms with E-state index < -0.39 is 12.7 Å². The summed E-state index contributed by atoms with van der Waals surface area (Å²) >= 11 is 0. The number of rotatable bonds is 7. The number of benzene rings is 2. The van der Waals surface area contributed by atoms with Crippen molar-refractivity contribution in [3.8, 4) is 28.4 Å². The molecule has 2 aromatic carbocycles. The van der Waals surface area contributed by atoms with Crippen molar-refractivity contribution in [3.63, 3.8) is 0 Å². The maximum absolute atomic E-state index is 14.4. The number of ether oxygens (including phenoxy) is 3. The fraction of sp³-hybridized carbons (Fsp3) is 0.304. The number of aliphatic hydroxyl groups is 1. The van der Waals surface area contributed by atoms with Crippen LogP contribution in [0.1, 0.15) is 43.1 Å². The van der Waals surface area contributed by atoms with E-state index in [1.54, 1.807) is 37.5 Å². The van der Waals surface area contributed by atoms with Gasteiger partial charge < -0.3 is 19.3 Å². The highest BCUT2D eigenvalue weighted by Gasteiger charge is 2.40. The van der Waals surface area contributed by atoms with E-state index in [2.05, 4.69) is 9.97 Å². The first-order chi connectivity index (χ1) is 15.3. The second-order valence-corrected chi connectivity index (χ2v) is 7.33. The summed E-state index contributed by atoms with van der Waals surface area (Å²) in [7, 11) is 0. The van der Waals surface area contributed by atoms with E-state index in [9.17, 15) is 13.2 Å². The van der Waals surface area contributed by atoms with Crippen LogP contribution in [-0.2, 0) is 6.61 Å². The first-order valence-electron chi connectivity index (χ1n) is 10.0. The molecule has 2 unspecified atom stereocenters. The molecule has 32 heavy (non-hydrogen) atoms. The standard InChI is InChI=1S/C23H21F3N2O4/c1-3-23(26)31-19-7-5-15(9-20(19)32-23)17-8-14(4-6-18(17)30-22(24)25)13(2)16-10-27-21(12-29)28-11-16/h4-11,13,22,29H,3,12H2,1-2H3. The lowest BCUT2D eigenvalue weighted by Crippen LogP contribution is -2.31. The summed E-state index contributed by atoms with van der Waals surface area (Å²) in [6, 6.07) is 7.32. The first-order valence-corrected chi connectivity index (χ1v) is 10.0. The van der Waals surface area contributed by atoms with E-state index in [1.807, 2.05) is 6.92 Å². The Hall–Kier alpha value is -3.33. The monoisotopic (exact) mass is 446 g/mol. The van der Waals surface area contributed by atoms with Crippen molar-refractivity contribution in [1.82, 2.24) is 9.97 Å². The van der Waals surface area contributed by atoms with Gasteiger partial charge >= 0.3 is 12.7 Å². The summed E-state index contributed by atoms with van der Waals surface area (Å²) < 4.78 is 55.7. The molecule has 4 rings (SSSR count). The van der Waals surface area contributed by atoms with Gasteiger partial charge in [-0.1, -0.05) is 26.0 Å². The van der Waals surface area contributed by atoms with Crippen molar-refractivity contribution in [2.24, 2.45) is 0 Å². The molecule has 1 aromatic heterocycles. The van der Waals surface area contributed by atoms with Crippen LogP contribution in [0.25, 0.3) is 11.1 Å². The molecule has 0 spiro atoms. The van der Waals surface area contributed by atoms with E-state index in [4.69, 9.17) is 19.3 Å². The van der Waals surface area contributed by atoms with Crippen LogP contribution in [0.5, 0.6) is 17.2 Å². The average molecular weight is 446 g/mol. The number of alkyl halides is 3. The molecule has 6 nitrogen and oxygen atoms in total. The number of fused-ring (bicyclic) bond motifs is 1. The zero-order chi connectivity index (χ0) is 22.9. The quantitative estimate of drug-likeness (QED) is 0.538. The Morgan fingerprint density at radius 2 is 1.75 bits per heavy atom. The first kappa shape index (κ1) is 21.9. The molecule has 1 aliphatic heterocycles. The largest absolute Gasteiger partial charge is 0.434 e. The zero-order valence-corrected chi connectivity index (χ0v) is 17.4. The highest BCUT2D eigenvalue weighted by molar-refractivity contribution is 5.74. The molecule has 2 heterocycles. The minimum absolute atomic E-state index is 0.0130. The number of hydrogen-bond acceptors (Lipinski definition) is 6. The van der Waals surface area contributed by atoms with Crippen molar-refractivity contribution in [2.45, 2.75) is 45.4 Å². The van der Waals surface area contributed by atoms with Crippen LogP contribution in [-0.4, -0.2) is 27.7 Å². The lowest BCUT2D eigenvalue weighted by Gasteiger charge is -2.17. The van der Waals surface area contributed by atoms with Crippen molar-refractivity contribution in [3.05, 3.63) is 65.7 Å². The van der Waals surface area contributed by atoms with E-state index in [-0.39, 0.29) is 36.2 Å². The van der Waals surface area contributed by atoms with Gasteiger partial charge in [-0.2, -0.15) is 13.2 Å². The fourth-order valence-electron chi connectivity index (χ4n) is 3.44. The smallest absolute Gasteiger partial charge is 0.407 e. The van der Waals surface area contributed by atoms with Gasteiger partial charge in [0.05, 0.1) is 6.42 Å². The van der Waals surface area contributed by atoms with Crippen LogP contribution in [0.15, 0.2) is 48.8 Å². The normalized spacial score (nSPS) is 18.1. The third kappa shape index (κ3) is 4.34. The van der Waals surface area contributed by atoms with Crippen molar-refractivity contribution >= 4 is 0 Å². The minimum atomic E-state index is -3.01. The molecular formula is C23H21F3N2O4. The number of aromatic nitrogens is 2. The Kier molecular flexibility index (Phi) is 5.92. The molecule has 3 aromatic rings. The Morgan fingerprint density at radius 3 is 2.41 bits per heavy atom. The predicted molar refractivity (Wildman–Crippen MR) is 109 cm³/mol. The molecule has 0 saturated carbocycles. The molecule has 0 radical (unpaired) electrons. The second-order valence-electron chi connectivity index (χ2n) is 7.33. The third-order valence-corrected chi connectivity index (χ3v) is 5.29. The summed E-state index contributed by atoms with van der Waals surface area (Å²) in [6.45, 7) is 0.232. The average Bonchev–Trinajstić information content (AvgIpc) is 3.14. The summed E-state index contributed by atoms with van der Waals surface area (Å²) in [5.41, 5.74) is 2.48. The van der Waals surface area contributed by atoms with Gasteiger partial charge in [-0.05, 0) is 41.0 Å². The predicted octanol–water partition coefficient (Wildman–Crippen LogP) is 5.19. The number of hydrogen-bond donors (Lipinski definition) is 1. The zero-order valence-electron chi connectivity index (χ0n) is 17.4. The number of halogens is 3. The van der Waals surface area contributed by atoms with Gasteiger partial charge in [-0.15, -0.1) is 0 Å². The second kappa shape index (κ2) is 8.66. The maximum atomic E-state index is 14.4. The van der Waals surface area contributed by atoms with Crippen LogP contribution in [0, 0.1) is 0 Å². The summed E-state index contributed by atoms with van der Waals surface area (Å²) in [5.74, 6) is 0.526.